The van der Waals surface area contributed by atoms with E-state index in [0.717, 1.165) is 27.9 Å². The summed E-state index contributed by atoms with van der Waals surface area (Å²) in [4.78, 5) is 4.58. The smallest absolute Gasteiger partial charge is 0.261 e. The van der Waals surface area contributed by atoms with Gasteiger partial charge in [-0.15, -0.1) is 0 Å². The molecule has 5 rings (SSSR count). The second kappa shape index (κ2) is 7.77. The maximum atomic E-state index is 12.6. The van der Waals surface area contributed by atoms with Gasteiger partial charge in [-0.05, 0) is 42.5 Å². The van der Waals surface area contributed by atoms with Gasteiger partial charge in [-0.1, -0.05) is 23.7 Å². The molecule has 0 saturated heterocycles. The van der Waals surface area contributed by atoms with Gasteiger partial charge in [0.1, 0.15) is 6.33 Å². The summed E-state index contributed by atoms with van der Waals surface area (Å²) in [5, 5.41) is 8.99. The topological polar surface area (TPSA) is 94.2 Å². The number of halogens is 1. The van der Waals surface area contributed by atoms with Crippen LogP contribution in [-0.2, 0) is 17.1 Å². The van der Waals surface area contributed by atoms with E-state index >= 15 is 0 Å². The lowest BCUT2D eigenvalue weighted by Crippen LogP contribution is -2.12. The van der Waals surface area contributed by atoms with Gasteiger partial charge in [0.05, 0.1) is 22.3 Å². The van der Waals surface area contributed by atoms with Crippen LogP contribution < -0.4 is 4.72 Å². The van der Waals surface area contributed by atoms with Crippen molar-refractivity contribution in [2.75, 3.05) is 4.72 Å². The van der Waals surface area contributed by atoms with Gasteiger partial charge in [0, 0.05) is 46.8 Å². The maximum Gasteiger partial charge on any atom is 0.261 e. The third kappa shape index (κ3) is 3.83. The fourth-order valence-electron chi connectivity index (χ4n) is 3.40. The quantitative estimate of drug-likeness (QED) is 0.419. The third-order valence-electron chi connectivity index (χ3n) is 4.98. The van der Waals surface area contributed by atoms with E-state index in [1.165, 1.54) is 30.6 Å². The molecule has 0 amide bonds. The van der Waals surface area contributed by atoms with Gasteiger partial charge in [-0.2, -0.15) is 10.2 Å². The predicted octanol–water partition coefficient (Wildman–Crippen LogP) is 4.25. The number of hydrogen-bond donors (Lipinski definition) is 1. The number of sulfonamides is 1. The van der Waals surface area contributed by atoms with Crippen LogP contribution in [0.2, 0.25) is 5.02 Å². The van der Waals surface area contributed by atoms with Gasteiger partial charge in [-0.3, -0.25) is 9.40 Å². The Bertz CT molecular complexity index is 1520. The van der Waals surface area contributed by atoms with Crippen LogP contribution >= 0.6 is 11.6 Å². The van der Waals surface area contributed by atoms with E-state index in [4.69, 9.17) is 11.6 Å². The summed E-state index contributed by atoms with van der Waals surface area (Å²) < 4.78 is 31.3. The van der Waals surface area contributed by atoms with Crippen LogP contribution in [0.15, 0.2) is 84.4 Å². The molecule has 8 nitrogen and oxygen atoms in total. The molecule has 10 heteroatoms. The van der Waals surface area contributed by atoms with E-state index in [0.29, 0.717) is 10.7 Å². The SMILES string of the molecule is Cn1cc(-c2cc3c(-c4ccc(NS(=O)(=O)c5ccc(Cl)cc5)cc4)ncnn3c2)cn1. The first kappa shape index (κ1) is 20.2. The van der Waals surface area contributed by atoms with Gasteiger partial charge >= 0.3 is 0 Å². The monoisotopic (exact) mass is 464 g/mol. The number of anilines is 1. The van der Waals surface area contributed by atoms with Crippen molar-refractivity contribution in [1.82, 2.24) is 24.4 Å². The molecule has 2 aromatic carbocycles. The van der Waals surface area contributed by atoms with Gasteiger partial charge in [0.15, 0.2) is 0 Å². The molecule has 0 saturated carbocycles. The molecule has 0 unspecified atom stereocenters. The molecule has 0 fully saturated rings. The Morgan fingerprint density at radius 3 is 2.34 bits per heavy atom. The Labute approximate surface area is 189 Å². The molecule has 5 aromatic rings. The van der Waals surface area contributed by atoms with Gasteiger partial charge in [-0.25, -0.2) is 17.9 Å². The summed E-state index contributed by atoms with van der Waals surface area (Å²) in [5.41, 5.74) is 4.81. The molecule has 3 heterocycles. The molecule has 32 heavy (non-hydrogen) atoms. The highest BCUT2D eigenvalue weighted by atomic mass is 35.5. The van der Waals surface area contributed by atoms with Crippen molar-refractivity contribution < 1.29 is 8.42 Å². The molecule has 0 aliphatic rings. The molecule has 3 aromatic heterocycles. The number of aryl methyl sites for hydroxylation is 1. The predicted molar refractivity (Wildman–Crippen MR) is 123 cm³/mol. The summed E-state index contributed by atoms with van der Waals surface area (Å²) >= 11 is 5.84. The molecule has 0 radical (unpaired) electrons. The average Bonchev–Trinajstić information content (AvgIpc) is 3.40. The van der Waals surface area contributed by atoms with E-state index < -0.39 is 10.0 Å². The van der Waals surface area contributed by atoms with Crippen LogP contribution in [0.25, 0.3) is 27.9 Å². The summed E-state index contributed by atoms with van der Waals surface area (Å²) in [6, 6.07) is 15.0. The number of aromatic nitrogens is 5. The van der Waals surface area contributed by atoms with Crippen LogP contribution in [0, 0.1) is 0 Å². The Hall–Kier alpha value is -3.69. The fraction of sp³-hybridized carbons (Fsp3) is 0.0455. The number of nitrogens with one attached hydrogen (secondary N) is 1. The lowest BCUT2D eigenvalue weighted by Gasteiger charge is -2.09. The van der Waals surface area contributed by atoms with Crippen molar-refractivity contribution in [2.45, 2.75) is 4.90 Å². The van der Waals surface area contributed by atoms with Gasteiger partial charge in [0.25, 0.3) is 10.0 Å². The molecular formula is C22H17ClN6O2S. The largest absolute Gasteiger partial charge is 0.280 e. The summed E-state index contributed by atoms with van der Waals surface area (Å²) in [6.45, 7) is 0. The van der Waals surface area contributed by atoms with E-state index in [1.54, 1.807) is 27.5 Å². The van der Waals surface area contributed by atoms with E-state index in [1.807, 2.05) is 37.6 Å². The molecule has 0 aliphatic carbocycles. The molecule has 160 valence electrons. The molecule has 0 spiro atoms. The second-order valence-corrected chi connectivity index (χ2v) is 9.33. The van der Waals surface area contributed by atoms with Gasteiger partial charge in [0.2, 0.25) is 0 Å². The van der Waals surface area contributed by atoms with Crippen molar-refractivity contribution in [3.63, 3.8) is 0 Å². The standard InChI is InChI=1S/C22H17ClN6O2S/c1-28-12-17(11-25-28)16-10-21-22(24-14-26-29(21)13-16)15-2-6-19(7-3-15)27-32(30,31)20-8-4-18(23)5-9-20/h2-14,27H,1H3. The van der Waals surface area contributed by atoms with Crippen molar-refractivity contribution in [3.8, 4) is 22.4 Å². The van der Waals surface area contributed by atoms with Crippen LogP contribution in [0.4, 0.5) is 5.69 Å². The van der Waals surface area contributed by atoms with Crippen LogP contribution in [0.3, 0.4) is 0 Å². The number of nitrogens with zero attached hydrogens (tertiary/aromatic N) is 5. The summed E-state index contributed by atoms with van der Waals surface area (Å²) in [5.74, 6) is 0. The van der Waals surface area contributed by atoms with Crippen molar-refractivity contribution in [3.05, 3.63) is 84.5 Å². The lowest BCUT2D eigenvalue weighted by molar-refractivity contribution is 0.601. The van der Waals surface area contributed by atoms with Crippen molar-refractivity contribution in [1.29, 1.82) is 0 Å². The average molecular weight is 465 g/mol. The number of hydrogen-bond acceptors (Lipinski definition) is 5. The zero-order chi connectivity index (χ0) is 22.3. The zero-order valence-corrected chi connectivity index (χ0v) is 18.4. The summed E-state index contributed by atoms with van der Waals surface area (Å²) in [6.07, 6.45) is 7.14. The first-order chi connectivity index (χ1) is 15.4. The molecule has 0 aliphatic heterocycles. The summed E-state index contributed by atoms with van der Waals surface area (Å²) in [7, 11) is -1.85. The molecule has 0 atom stereocenters. The molecule has 0 bridgehead atoms. The zero-order valence-electron chi connectivity index (χ0n) is 16.8. The van der Waals surface area contributed by atoms with Crippen LogP contribution in [-0.4, -0.2) is 32.8 Å². The van der Waals surface area contributed by atoms with Gasteiger partial charge < -0.3 is 0 Å². The van der Waals surface area contributed by atoms with Crippen LogP contribution in [0.1, 0.15) is 0 Å². The van der Waals surface area contributed by atoms with Crippen molar-refractivity contribution >= 4 is 32.8 Å². The Morgan fingerprint density at radius 1 is 0.906 bits per heavy atom. The lowest BCUT2D eigenvalue weighted by atomic mass is 10.1. The first-order valence-corrected chi connectivity index (χ1v) is 11.5. The van der Waals surface area contributed by atoms with Crippen LogP contribution in [0.5, 0.6) is 0 Å². The highest BCUT2D eigenvalue weighted by Gasteiger charge is 2.15. The Kier molecular flexibility index (Phi) is 4.91. The van der Waals surface area contributed by atoms with E-state index in [9.17, 15) is 8.42 Å². The maximum absolute atomic E-state index is 12.6. The normalized spacial score (nSPS) is 11.7. The van der Waals surface area contributed by atoms with E-state index in [-0.39, 0.29) is 4.90 Å². The highest BCUT2D eigenvalue weighted by Crippen LogP contribution is 2.29. The molecule has 1 N–H and O–H groups in total. The van der Waals surface area contributed by atoms with Crippen molar-refractivity contribution in [2.24, 2.45) is 7.05 Å². The second-order valence-electron chi connectivity index (χ2n) is 7.21. The van der Waals surface area contributed by atoms with E-state index in [2.05, 4.69) is 19.9 Å². The number of benzene rings is 2. The Morgan fingerprint density at radius 2 is 1.66 bits per heavy atom. The minimum absolute atomic E-state index is 0.139. The Balaban J connectivity index is 1.45. The third-order valence-corrected chi connectivity index (χ3v) is 6.63. The fourth-order valence-corrected chi connectivity index (χ4v) is 4.59. The first-order valence-electron chi connectivity index (χ1n) is 9.60. The highest BCUT2D eigenvalue weighted by molar-refractivity contribution is 7.92. The minimum atomic E-state index is -3.71. The number of fused-ring (bicyclic) bond motifs is 1. The number of rotatable bonds is 5. The molecular weight excluding hydrogens is 448 g/mol. The minimum Gasteiger partial charge on any atom is -0.280 e.